The molecule has 4 heteroatoms. The molecule has 1 aliphatic heterocycles. The largest absolute Gasteiger partial charge is 0.378 e. The molecule has 0 bridgehead atoms. The molecular weight excluding hydrogens is 346 g/mol. The minimum atomic E-state index is 0.150. The molecule has 1 N–H and O–H groups in total. The average Bonchev–Trinajstić information content (AvgIpc) is 2.72. The minimum absolute atomic E-state index is 0.150. The Morgan fingerprint density at radius 2 is 1.71 bits per heavy atom. The number of nitrogens with zero attached hydrogens (tertiary/aromatic N) is 2. The van der Waals surface area contributed by atoms with Crippen molar-refractivity contribution in [2.24, 2.45) is 0 Å². The molecule has 0 radical (unpaired) electrons. The molecule has 1 fully saturated rings. The van der Waals surface area contributed by atoms with Gasteiger partial charge in [-0.15, -0.1) is 0 Å². The third-order valence-corrected chi connectivity index (χ3v) is 5.81. The summed E-state index contributed by atoms with van der Waals surface area (Å²) in [6, 6.07) is 15.8. The van der Waals surface area contributed by atoms with E-state index < -0.39 is 0 Å². The van der Waals surface area contributed by atoms with E-state index in [-0.39, 0.29) is 12.0 Å². The summed E-state index contributed by atoms with van der Waals surface area (Å²) in [5.41, 5.74) is 6.54. The fourth-order valence-corrected chi connectivity index (χ4v) is 4.17. The van der Waals surface area contributed by atoms with Gasteiger partial charge in [-0.05, 0) is 61.7 Å². The number of hydrogen-bond donors (Lipinski definition) is 1. The lowest BCUT2D eigenvalue weighted by Gasteiger charge is -2.33. The van der Waals surface area contributed by atoms with Crippen molar-refractivity contribution in [3.05, 3.63) is 59.2 Å². The topological polar surface area (TPSA) is 27.7 Å². The summed E-state index contributed by atoms with van der Waals surface area (Å²) < 4.78 is 6.22. The number of rotatable bonds is 7. The number of benzene rings is 2. The molecule has 2 atom stereocenters. The van der Waals surface area contributed by atoms with Gasteiger partial charge < -0.3 is 19.9 Å². The highest BCUT2D eigenvalue weighted by Crippen LogP contribution is 2.35. The lowest BCUT2D eigenvalue weighted by molar-refractivity contribution is 0.0186. The number of hydrogen-bond acceptors (Lipinski definition) is 4. The lowest BCUT2D eigenvalue weighted by Crippen LogP contribution is -2.42. The minimum Gasteiger partial charge on any atom is -0.378 e. The Hall–Kier alpha value is -2.04. The van der Waals surface area contributed by atoms with Crippen molar-refractivity contribution >= 4 is 11.4 Å². The van der Waals surface area contributed by atoms with Crippen LogP contribution in [0.4, 0.5) is 11.4 Å². The van der Waals surface area contributed by atoms with Gasteiger partial charge in [-0.2, -0.15) is 0 Å². The van der Waals surface area contributed by atoms with E-state index >= 15 is 0 Å². The van der Waals surface area contributed by atoms with E-state index in [0.29, 0.717) is 0 Å². The Morgan fingerprint density at radius 1 is 1.04 bits per heavy atom. The van der Waals surface area contributed by atoms with Crippen molar-refractivity contribution < 1.29 is 4.74 Å². The number of ether oxygens (including phenoxy) is 1. The maximum absolute atomic E-state index is 6.22. The van der Waals surface area contributed by atoms with Crippen molar-refractivity contribution in [1.29, 1.82) is 0 Å². The van der Waals surface area contributed by atoms with E-state index in [1.165, 1.54) is 28.1 Å². The molecule has 2 aromatic rings. The molecule has 1 aliphatic rings. The van der Waals surface area contributed by atoms with E-state index in [1.54, 1.807) is 0 Å². The van der Waals surface area contributed by atoms with E-state index in [9.17, 15) is 0 Å². The normalized spacial score (nSPS) is 18.0. The van der Waals surface area contributed by atoms with Crippen LogP contribution in [-0.4, -0.2) is 53.0 Å². The van der Waals surface area contributed by atoms with Gasteiger partial charge in [0.15, 0.2) is 0 Å². The van der Waals surface area contributed by atoms with Crippen molar-refractivity contribution in [3.8, 4) is 0 Å². The molecule has 2 unspecified atom stereocenters. The predicted octanol–water partition coefficient (Wildman–Crippen LogP) is 4.03. The maximum atomic E-state index is 6.22. The molecule has 3 rings (SSSR count). The summed E-state index contributed by atoms with van der Waals surface area (Å²) >= 11 is 0. The molecular formula is C24H35N3O. The fraction of sp³-hybridized carbons (Fsp3) is 0.500. The number of morpholine rings is 1. The molecule has 0 aromatic heterocycles. The highest BCUT2D eigenvalue weighted by atomic mass is 16.5. The highest BCUT2D eigenvalue weighted by Gasteiger charge is 2.29. The number of aryl methyl sites for hydroxylation is 1. The Bertz CT molecular complexity index is 747. The first-order valence-corrected chi connectivity index (χ1v) is 10.5. The van der Waals surface area contributed by atoms with E-state index in [1.807, 2.05) is 0 Å². The van der Waals surface area contributed by atoms with Gasteiger partial charge in [0.25, 0.3) is 0 Å². The Kier molecular flexibility index (Phi) is 6.97. The van der Waals surface area contributed by atoms with Gasteiger partial charge in [0.1, 0.15) is 0 Å². The first kappa shape index (κ1) is 20.7. The predicted molar refractivity (Wildman–Crippen MR) is 120 cm³/mol. The third kappa shape index (κ3) is 4.50. The Morgan fingerprint density at radius 3 is 2.25 bits per heavy atom. The smallest absolute Gasteiger partial charge is 0.0809 e. The molecule has 0 saturated carbocycles. The van der Waals surface area contributed by atoms with Crippen LogP contribution in [0.3, 0.4) is 0 Å². The van der Waals surface area contributed by atoms with Gasteiger partial charge in [0.2, 0.25) is 0 Å². The zero-order chi connectivity index (χ0) is 20.1. The number of anilines is 2. The van der Waals surface area contributed by atoms with Crippen molar-refractivity contribution in [1.82, 2.24) is 5.32 Å². The molecule has 152 valence electrons. The SMILES string of the molecule is CCN(CC)c1ccc(C(c2ccc(N(C)C)cc2)C2CNCCO2)c(C)c1. The highest BCUT2D eigenvalue weighted by molar-refractivity contribution is 5.54. The molecule has 0 spiro atoms. The van der Waals surface area contributed by atoms with Gasteiger partial charge in [-0.3, -0.25) is 0 Å². The van der Waals surface area contributed by atoms with Crippen LogP contribution in [0, 0.1) is 6.92 Å². The second-order valence-corrected chi connectivity index (χ2v) is 7.79. The zero-order valence-electron chi connectivity index (χ0n) is 18.0. The molecule has 1 saturated heterocycles. The van der Waals surface area contributed by atoms with Crippen LogP contribution >= 0.6 is 0 Å². The van der Waals surface area contributed by atoms with E-state index in [2.05, 4.69) is 92.4 Å². The summed E-state index contributed by atoms with van der Waals surface area (Å²) in [5.74, 6) is 0.231. The quantitative estimate of drug-likeness (QED) is 0.784. The van der Waals surface area contributed by atoms with Crippen molar-refractivity contribution in [2.75, 3.05) is 56.7 Å². The van der Waals surface area contributed by atoms with E-state index in [4.69, 9.17) is 4.74 Å². The van der Waals surface area contributed by atoms with Crippen LogP contribution in [-0.2, 0) is 4.74 Å². The number of nitrogens with one attached hydrogen (secondary N) is 1. The fourth-order valence-electron chi connectivity index (χ4n) is 4.17. The first-order chi connectivity index (χ1) is 13.5. The Balaban J connectivity index is 1.99. The maximum Gasteiger partial charge on any atom is 0.0809 e. The average molecular weight is 382 g/mol. The van der Waals surface area contributed by atoms with Gasteiger partial charge >= 0.3 is 0 Å². The first-order valence-electron chi connectivity index (χ1n) is 10.5. The monoisotopic (exact) mass is 381 g/mol. The van der Waals surface area contributed by atoms with E-state index in [0.717, 1.165) is 32.8 Å². The van der Waals surface area contributed by atoms with Gasteiger partial charge in [-0.25, -0.2) is 0 Å². The molecule has 2 aromatic carbocycles. The summed E-state index contributed by atoms with van der Waals surface area (Å²) in [6.07, 6.45) is 0.150. The van der Waals surface area contributed by atoms with Gasteiger partial charge in [0, 0.05) is 57.6 Å². The zero-order valence-corrected chi connectivity index (χ0v) is 18.0. The molecule has 0 amide bonds. The molecule has 28 heavy (non-hydrogen) atoms. The van der Waals surface area contributed by atoms with Crippen molar-refractivity contribution in [3.63, 3.8) is 0 Å². The van der Waals surface area contributed by atoms with Crippen LogP contribution in [0.25, 0.3) is 0 Å². The van der Waals surface area contributed by atoms with Crippen LogP contribution in [0.5, 0.6) is 0 Å². The van der Waals surface area contributed by atoms with Crippen LogP contribution in [0.1, 0.15) is 36.5 Å². The van der Waals surface area contributed by atoms with Crippen molar-refractivity contribution in [2.45, 2.75) is 32.8 Å². The molecule has 1 heterocycles. The van der Waals surface area contributed by atoms with Gasteiger partial charge in [-0.1, -0.05) is 18.2 Å². The summed E-state index contributed by atoms with van der Waals surface area (Å²) in [4.78, 5) is 4.54. The van der Waals surface area contributed by atoms with Crippen LogP contribution in [0.15, 0.2) is 42.5 Å². The standard InChI is InChI=1S/C24H35N3O/c1-6-27(7-2)21-12-13-22(18(3)16-21)24(23-17-25-14-15-28-23)19-8-10-20(11-9-19)26(4)5/h8-13,16,23-25H,6-7,14-15,17H2,1-5H3. The van der Waals surface area contributed by atoms with Crippen LogP contribution in [0.2, 0.25) is 0 Å². The van der Waals surface area contributed by atoms with Gasteiger partial charge in [0.05, 0.1) is 12.7 Å². The molecule has 0 aliphatic carbocycles. The summed E-state index contributed by atoms with van der Waals surface area (Å²) in [7, 11) is 4.16. The second-order valence-electron chi connectivity index (χ2n) is 7.79. The molecule has 4 nitrogen and oxygen atoms in total. The third-order valence-electron chi connectivity index (χ3n) is 5.81. The Labute approximate surface area is 170 Å². The second kappa shape index (κ2) is 9.44. The lowest BCUT2D eigenvalue weighted by atomic mass is 9.83. The summed E-state index contributed by atoms with van der Waals surface area (Å²) in [5, 5.41) is 3.51. The summed E-state index contributed by atoms with van der Waals surface area (Å²) in [6.45, 7) is 11.3. The van der Waals surface area contributed by atoms with Crippen LogP contribution < -0.4 is 15.1 Å².